The molecule has 11 heteroatoms. The number of benzene rings is 2. The van der Waals surface area contributed by atoms with E-state index in [4.69, 9.17) is 14.5 Å². The third-order valence-corrected chi connectivity index (χ3v) is 10.3. The molecular formula is C28H36N4O5S2. The summed E-state index contributed by atoms with van der Waals surface area (Å²) in [6.07, 6.45) is 3.86. The molecule has 0 bridgehead atoms. The Kier molecular flexibility index (Phi) is 8.70. The molecule has 3 heterocycles. The third kappa shape index (κ3) is 6.06. The van der Waals surface area contributed by atoms with Crippen LogP contribution < -0.4 is 14.4 Å². The fourth-order valence-electron chi connectivity index (χ4n) is 4.99. The maximum Gasteiger partial charge on any atom is 0.260 e. The maximum atomic E-state index is 13.8. The summed E-state index contributed by atoms with van der Waals surface area (Å²) >= 11 is 1.43. The SMILES string of the molecule is CCN(CC)CCN(C(=O)c1ccc(S(=O)(=O)N2CCCCCC2)cc1)c1nc2cc3c(cc2s1)OCCO3. The van der Waals surface area contributed by atoms with Gasteiger partial charge in [0.2, 0.25) is 10.0 Å². The lowest BCUT2D eigenvalue weighted by Gasteiger charge is -2.25. The Labute approximate surface area is 234 Å². The van der Waals surface area contributed by atoms with Crippen LogP contribution in [-0.4, -0.2) is 81.0 Å². The number of fused-ring (bicyclic) bond motifs is 2. The van der Waals surface area contributed by atoms with E-state index in [0.29, 0.717) is 61.6 Å². The summed E-state index contributed by atoms with van der Waals surface area (Å²) in [7, 11) is -3.59. The molecule has 1 aromatic heterocycles. The van der Waals surface area contributed by atoms with Crippen molar-refractivity contribution >= 4 is 42.6 Å². The Balaban J connectivity index is 1.43. The average Bonchev–Trinajstić information content (AvgIpc) is 3.15. The number of ether oxygens (including phenoxy) is 2. The molecule has 2 aromatic carbocycles. The maximum absolute atomic E-state index is 13.8. The monoisotopic (exact) mass is 572 g/mol. The average molecular weight is 573 g/mol. The Morgan fingerprint density at radius 1 is 0.949 bits per heavy atom. The number of carbonyl (C=O) groups excluding carboxylic acids is 1. The highest BCUT2D eigenvalue weighted by molar-refractivity contribution is 7.89. The Morgan fingerprint density at radius 3 is 2.23 bits per heavy atom. The predicted octanol–water partition coefficient (Wildman–Crippen LogP) is 4.62. The van der Waals surface area contributed by atoms with Gasteiger partial charge in [0.1, 0.15) is 13.2 Å². The van der Waals surface area contributed by atoms with Crippen LogP contribution in [0.5, 0.6) is 11.5 Å². The van der Waals surface area contributed by atoms with Crippen molar-refractivity contribution < 1.29 is 22.7 Å². The largest absolute Gasteiger partial charge is 0.486 e. The molecule has 0 aliphatic carbocycles. The van der Waals surface area contributed by atoms with Gasteiger partial charge in [0.05, 0.1) is 15.1 Å². The first-order chi connectivity index (χ1) is 18.9. The summed E-state index contributed by atoms with van der Waals surface area (Å²) in [5, 5.41) is 0.589. The number of hydrogen-bond acceptors (Lipinski definition) is 8. The van der Waals surface area contributed by atoms with Gasteiger partial charge in [0, 0.05) is 43.9 Å². The summed E-state index contributed by atoms with van der Waals surface area (Å²) in [6.45, 7) is 9.18. The smallest absolute Gasteiger partial charge is 0.260 e. The highest BCUT2D eigenvalue weighted by atomic mass is 32.2. The number of thiazole rings is 1. The first kappa shape index (κ1) is 27.8. The number of hydrogen-bond donors (Lipinski definition) is 0. The van der Waals surface area contributed by atoms with E-state index < -0.39 is 10.0 Å². The molecule has 2 aliphatic rings. The van der Waals surface area contributed by atoms with Gasteiger partial charge in [0.25, 0.3) is 5.91 Å². The molecule has 1 saturated heterocycles. The molecular weight excluding hydrogens is 536 g/mol. The van der Waals surface area contributed by atoms with Gasteiger partial charge < -0.3 is 14.4 Å². The van der Waals surface area contributed by atoms with Gasteiger partial charge in [-0.25, -0.2) is 13.4 Å². The number of carbonyl (C=O) groups is 1. The molecule has 9 nitrogen and oxygen atoms in total. The molecule has 0 atom stereocenters. The second kappa shape index (κ2) is 12.2. The fraction of sp³-hybridized carbons (Fsp3) is 0.500. The van der Waals surface area contributed by atoms with Crippen molar-refractivity contribution in [1.82, 2.24) is 14.2 Å². The van der Waals surface area contributed by atoms with E-state index in [1.807, 2.05) is 12.1 Å². The molecule has 210 valence electrons. The lowest BCUT2D eigenvalue weighted by Crippen LogP contribution is -2.39. The molecule has 0 saturated carbocycles. The van der Waals surface area contributed by atoms with E-state index in [1.54, 1.807) is 33.5 Å². The normalized spacial score (nSPS) is 16.4. The van der Waals surface area contributed by atoms with Crippen LogP contribution in [0, 0.1) is 0 Å². The lowest BCUT2D eigenvalue weighted by atomic mass is 10.2. The quantitative estimate of drug-likeness (QED) is 0.369. The van der Waals surface area contributed by atoms with Gasteiger partial charge in [-0.05, 0) is 50.2 Å². The number of nitrogens with zero attached hydrogens (tertiary/aromatic N) is 4. The zero-order chi connectivity index (χ0) is 27.4. The summed E-state index contributed by atoms with van der Waals surface area (Å²) < 4.78 is 40.4. The van der Waals surface area contributed by atoms with Crippen molar-refractivity contribution in [2.75, 3.05) is 57.4 Å². The molecule has 2 aliphatic heterocycles. The van der Waals surface area contributed by atoms with E-state index in [1.165, 1.54) is 11.3 Å². The lowest BCUT2D eigenvalue weighted by molar-refractivity contribution is 0.0983. The summed E-state index contributed by atoms with van der Waals surface area (Å²) in [5.41, 5.74) is 1.17. The van der Waals surface area contributed by atoms with Crippen molar-refractivity contribution in [3.8, 4) is 11.5 Å². The van der Waals surface area contributed by atoms with Gasteiger partial charge in [-0.1, -0.05) is 38.0 Å². The van der Waals surface area contributed by atoms with E-state index in [0.717, 1.165) is 49.0 Å². The third-order valence-electron chi connectivity index (χ3n) is 7.36. The van der Waals surface area contributed by atoms with E-state index in [-0.39, 0.29) is 10.8 Å². The Morgan fingerprint density at radius 2 is 1.59 bits per heavy atom. The number of sulfonamides is 1. The minimum absolute atomic E-state index is 0.211. The zero-order valence-corrected chi connectivity index (χ0v) is 24.2. The summed E-state index contributed by atoms with van der Waals surface area (Å²) in [6, 6.07) is 10.1. The highest BCUT2D eigenvalue weighted by Gasteiger charge is 2.27. The van der Waals surface area contributed by atoms with Gasteiger partial charge in [-0.2, -0.15) is 4.31 Å². The van der Waals surface area contributed by atoms with Crippen molar-refractivity contribution in [2.45, 2.75) is 44.4 Å². The van der Waals surface area contributed by atoms with Crippen LogP contribution in [0.2, 0.25) is 0 Å². The Hall–Kier alpha value is -2.73. The number of rotatable bonds is 9. The fourth-order valence-corrected chi connectivity index (χ4v) is 7.51. The van der Waals surface area contributed by atoms with Crippen LogP contribution in [0.3, 0.4) is 0 Å². The van der Waals surface area contributed by atoms with Crippen molar-refractivity contribution in [3.05, 3.63) is 42.0 Å². The van der Waals surface area contributed by atoms with Gasteiger partial charge in [-0.3, -0.25) is 9.69 Å². The number of aromatic nitrogens is 1. The van der Waals surface area contributed by atoms with Gasteiger partial charge in [-0.15, -0.1) is 0 Å². The van der Waals surface area contributed by atoms with Crippen LogP contribution >= 0.6 is 11.3 Å². The van der Waals surface area contributed by atoms with E-state index in [9.17, 15) is 13.2 Å². The molecule has 1 fully saturated rings. The number of amides is 1. The molecule has 0 radical (unpaired) electrons. The van der Waals surface area contributed by atoms with Crippen molar-refractivity contribution in [1.29, 1.82) is 0 Å². The molecule has 3 aromatic rings. The number of anilines is 1. The van der Waals surface area contributed by atoms with Crippen LogP contribution in [-0.2, 0) is 10.0 Å². The van der Waals surface area contributed by atoms with E-state index >= 15 is 0 Å². The molecule has 0 spiro atoms. The standard InChI is InChI=1S/C28H36N4O5S2/c1-3-30(4-2)15-16-32(28-29-23-19-24-25(20-26(23)38-28)37-18-17-36-24)27(33)21-9-11-22(12-10-21)39(34,35)31-13-7-5-6-8-14-31/h9-12,19-20H,3-8,13-18H2,1-2H3. The highest BCUT2D eigenvalue weighted by Crippen LogP contribution is 2.39. The second-order valence-electron chi connectivity index (χ2n) is 9.79. The minimum Gasteiger partial charge on any atom is -0.486 e. The van der Waals surface area contributed by atoms with E-state index in [2.05, 4.69) is 18.7 Å². The second-order valence-corrected chi connectivity index (χ2v) is 12.7. The Bertz CT molecular complexity index is 1350. The summed E-state index contributed by atoms with van der Waals surface area (Å²) in [5.74, 6) is 1.14. The first-order valence-corrected chi connectivity index (χ1v) is 16.0. The van der Waals surface area contributed by atoms with Gasteiger partial charge in [0.15, 0.2) is 16.6 Å². The van der Waals surface area contributed by atoms with Crippen LogP contribution in [0.25, 0.3) is 10.2 Å². The molecule has 0 N–H and O–H groups in total. The zero-order valence-electron chi connectivity index (χ0n) is 22.6. The number of likely N-dealkylation sites (N-methyl/N-ethyl adjacent to an activating group) is 1. The predicted molar refractivity (Wildman–Crippen MR) is 154 cm³/mol. The molecule has 0 unspecified atom stereocenters. The molecule has 5 rings (SSSR count). The molecule has 39 heavy (non-hydrogen) atoms. The van der Waals surface area contributed by atoms with Crippen LogP contribution in [0.1, 0.15) is 49.9 Å². The van der Waals surface area contributed by atoms with Crippen LogP contribution in [0.4, 0.5) is 5.13 Å². The topological polar surface area (TPSA) is 92.3 Å². The summed E-state index contributed by atoms with van der Waals surface area (Å²) in [4.78, 5) is 22.8. The van der Waals surface area contributed by atoms with Crippen molar-refractivity contribution in [3.63, 3.8) is 0 Å². The van der Waals surface area contributed by atoms with Gasteiger partial charge >= 0.3 is 0 Å². The van der Waals surface area contributed by atoms with Crippen LogP contribution in [0.15, 0.2) is 41.3 Å². The minimum atomic E-state index is -3.59. The molecule has 1 amide bonds. The van der Waals surface area contributed by atoms with Crippen molar-refractivity contribution in [2.24, 2.45) is 0 Å². The first-order valence-electron chi connectivity index (χ1n) is 13.8.